The number of sulfonamides is 1. The molecule has 0 amide bonds. The standard InChI is InChI=1S/C13H19BrN2O2S/c1-10-6-11(14)8-12(7-10)19(17,18)16-13(9-15)4-2-3-5-13/h6-8,16H,2-5,9,15H2,1H3. The zero-order valence-electron chi connectivity index (χ0n) is 10.9. The van der Waals surface area contributed by atoms with Crippen LogP contribution >= 0.6 is 15.9 Å². The molecule has 4 nitrogen and oxygen atoms in total. The molecule has 0 heterocycles. The van der Waals surface area contributed by atoms with Gasteiger partial charge in [0, 0.05) is 16.6 Å². The Balaban J connectivity index is 2.32. The molecule has 0 spiro atoms. The molecule has 1 aliphatic rings. The highest BCUT2D eigenvalue weighted by atomic mass is 79.9. The Bertz CT molecular complexity index is 546. The lowest BCUT2D eigenvalue weighted by atomic mass is 10.0. The molecule has 0 bridgehead atoms. The normalized spacial score (nSPS) is 18.7. The van der Waals surface area contributed by atoms with Crippen LogP contribution in [0.5, 0.6) is 0 Å². The van der Waals surface area contributed by atoms with E-state index in [4.69, 9.17) is 5.73 Å². The van der Waals surface area contributed by atoms with E-state index in [9.17, 15) is 8.42 Å². The zero-order valence-corrected chi connectivity index (χ0v) is 13.4. The summed E-state index contributed by atoms with van der Waals surface area (Å²) in [5.74, 6) is 0. The van der Waals surface area contributed by atoms with Gasteiger partial charge in [-0.05, 0) is 43.5 Å². The van der Waals surface area contributed by atoms with Crippen molar-refractivity contribution >= 4 is 26.0 Å². The number of nitrogens with two attached hydrogens (primary N) is 1. The van der Waals surface area contributed by atoms with Gasteiger partial charge in [0.25, 0.3) is 0 Å². The second kappa shape index (κ2) is 5.52. The first-order valence-corrected chi connectivity index (χ1v) is 8.66. The molecule has 1 aromatic carbocycles. The van der Waals surface area contributed by atoms with Crippen molar-refractivity contribution in [2.24, 2.45) is 5.73 Å². The summed E-state index contributed by atoms with van der Waals surface area (Å²) in [6.45, 7) is 2.22. The predicted octanol–water partition coefficient (Wildman–Crippen LogP) is 2.31. The van der Waals surface area contributed by atoms with Gasteiger partial charge in [0.1, 0.15) is 0 Å². The minimum atomic E-state index is -3.52. The highest BCUT2D eigenvalue weighted by Crippen LogP contribution is 2.31. The SMILES string of the molecule is Cc1cc(Br)cc(S(=O)(=O)NC2(CN)CCCC2)c1. The number of nitrogens with one attached hydrogen (secondary N) is 1. The largest absolute Gasteiger partial charge is 0.329 e. The van der Waals surface area contributed by atoms with Crippen molar-refractivity contribution in [2.75, 3.05) is 6.54 Å². The quantitative estimate of drug-likeness (QED) is 0.878. The van der Waals surface area contributed by atoms with Gasteiger partial charge in [0.05, 0.1) is 4.90 Å². The molecule has 3 N–H and O–H groups in total. The highest BCUT2D eigenvalue weighted by molar-refractivity contribution is 9.10. The van der Waals surface area contributed by atoms with E-state index in [1.807, 2.05) is 13.0 Å². The molecule has 0 unspecified atom stereocenters. The number of halogens is 1. The third-order valence-electron chi connectivity index (χ3n) is 3.63. The van der Waals surface area contributed by atoms with Crippen LogP contribution in [-0.2, 0) is 10.0 Å². The van der Waals surface area contributed by atoms with Crippen LogP contribution in [0.3, 0.4) is 0 Å². The fourth-order valence-corrected chi connectivity index (χ4v) is 4.96. The van der Waals surface area contributed by atoms with Gasteiger partial charge in [0.2, 0.25) is 10.0 Å². The first kappa shape index (κ1) is 15.0. The molecular weight excluding hydrogens is 328 g/mol. The van der Waals surface area contributed by atoms with E-state index in [1.54, 1.807) is 12.1 Å². The maximum absolute atomic E-state index is 12.5. The van der Waals surface area contributed by atoms with Crippen LogP contribution in [0, 0.1) is 6.92 Å². The number of rotatable bonds is 4. The van der Waals surface area contributed by atoms with E-state index in [0.29, 0.717) is 11.4 Å². The van der Waals surface area contributed by atoms with E-state index in [-0.39, 0.29) is 0 Å². The van der Waals surface area contributed by atoms with E-state index in [0.717, 1.165) is 35.7 Å². The van der Waals surface area contributed by atoms with Crippen LogP contribution < -0.4 is 10.5 Å². The Hall–Kier alpha value is -0.430. The van der Waals surface area contributed by atoms with Gasteiger partial charge in [-0.25, -0.2) is 13.1 Å². The first-order valence-electron chi connectivity index (χ1n) is 6.38. The van der Waals surface area contributed by atoms with Crippen molar-refractivity contribution < 1.29 is 8.42 Å². The van der Waals surface area contributed by atoms with Crippen molar-refractivity contribution in [1.29, 1.82) is 0 Å². The maximum Gasteiger partial charge on any atom is 0.241 e. The molecule has 19 heavy (non-hydrogen) atoms. The van der Waals surface area contributed by atoms with Gasteiger partial charge in [-0.15, -0.1) is 0 Å². The minimum Gasteiger partial charge on any atom is -0.329 e. The average molecular weight is 347 g/mol. The predicted molar refractivity (Wildman–Crippen MR) is 79.5 cm³/mol. The van der Waals surface area contributed by atoms with Crippen LogP contribution in [0.4, 0.5) is 0 Å². The van der Waals surface area contributed by atoms with E-state index in [2.05, 4.69) is 20.7 Å². The van der Waals surface area contributed by atoms with Gasteiger partial charge < -0.3 is 5.73 Å². The fraction of sp³-hybridized carbons (Fsp3) is 0.538. The Morgan fingerprint density at radius 2 is 1.95 bits per heavy atom. The summed E-state index contributed by atoms with van der Waals surface area (Å²) in [5, 5.41) is 0. The van der Waals surface area contributed by atoms with Crippen molar-refractivity contribution in [1.82, 2.24) is 4.72 Å². The van der Waals surface area contributed by atoms with Gasteiger partial charge in [-0.2, -0.15) is 0 Å². The molecule has 2 rings (SSSR count). The summed E-state index contributed by atoms with van der Waals surface area (Å²) in [5.41, 5.74) is 6.22. The van der Waals surface area contributed by atoms with Crippen LogP contribution in [0.15, 0.2) is 27.6 Å². The van der Waals surface area contributed by atoms with Gasteiger partial charge in [-0.3, -0.25) is 0 Å². The summed E-state index contributed by atoms with van der Waals surface area (Å²) in [6.07, 6.45) is 3.68. The Labute approximate surface area is 122 Å². The molecule has 0 atom stereocenters. The molecule has 0 aliphatic heterocycles. The average Bonchev–Trinajstić information content (AvgIpc) is 2.76. The summed E-state index contributed by atoms with van der Waals surface area (Å²) < 4.78 is 28.5. The highest BCUT2D eigenvalue weighted by Gasteiger charge is 2.36. The van der Waals surface area contributed by atoms with Crippen LogP contribution in [0.2, 0.25) is 0 Å². The molecule has 1 aromatic rings. The smallest absolute Gasteiger partial charge is 0.241 e. The third-order valence-corrected chi connectivity index (χ3v) is 5.64. The summed E-state index contributed by atoms with van der Waals surface area (Å²) in [6, 6.07) is 5.17. The van der Waals surface area contributed by atoms with Gasteiger partial charge in [-0.1, -0.05) is 28.8 Å². The lowest BCUT2D eigenvalue weighted by molar-refractivity contribution is 0.399. The second-order valence-electron chi connectivity index (χ2n) is 5.26. The summed E-state index contributed by atoms with van der Waals surface area (Å²) >= 11 is 3.33. The monoisotopic (exact) mass is 346 g/mol. The van der Waals surface area contributed by atoms with Crippen LogP contribution in [0.25, 0.3) is 0 Å². The number of aryl methyl sites for hydroxylation is 1. The molecule has 1 aliphatic carbocycles. The molecule has 1 saturated carbocycles. The Morgan fingerprint density at radius 3 is 2.47 bits per heavy atom. The lowest BCUT2D eigenvalue weighted by Gasteiger charge is -2.28. The number of benzene rings is 1. The number of hydrogen-bond acceptors (Lipinski definition) is 3. The molecule has 1 fully saturated rings. The summed E-state index contributed by atoms with van der Waals surface area (Å²) in [7, 11) is -3.52. The lowest BCUT2D eigenvalue weighted by Crippen LogP contribution is -2.51. The number of hydrogen-bond donors (Lipinski definition) is 2. The van der Waals surface area contributed by atoms with Crippen LogP contribution in [-0.4, -0.2) is 20.5 Å². The van der Waals surface area contributed by atoms with Gasteiger partial charge in [0.15, 0.2) is 0 Å². The molecule has 6 heteroatoms. The van der Waals surface area contributed by atoms with Crippen molar-refractivity contribution in [2.45, 2.75) is 43.0 Å². The first-order chi connectivity index (χ1) is 8.87. The van der Waals surface area contributed by atoms with Crippen molar-refractivity contribution in [3.63, 3.8) is 0 Å². The molecular formula is C13H19BrN2O2S. The molecule has 0 saturated heterocycles. The van der Waals surface area contributed by atoms with E-state index in [1.165, 1.54) is 0 Å². The third kappa shape index (κ3) is 3.37. The van der Waals surface area contributed by atoms with Crippen molar-refractivity contribution in [3.8, 4) is 0 Å². The van der Waals surface area contributed by atoms with Crippen LogP contribution in [0.1, 0.15) is 31.2 Å². The van der Waals surface area contributed by atoms with Crippen molar-refractivity contribution in [3.05, 3.63) is 28.2 Å². The second-order valence-corrected chi connectivity index (χ2v) is 7.86. The van der Waals surface area contributed by atoms with Gasteiger partial charge >= 0.3 is 0 Å². The van der Waals surface area contributed by atoms with E-state index < -0.39 is 15.6 Å². The minimum absolute atomic E-state index is 0.291. The Kier molecular flexibility index (Phi) is 4.35. The summed E-state index contributed by atoms with van der Waals surface area (Å²) in [4.78, 5) is 0.291. The van der Waals surface area contributed by atoms with E-state index >= 15 is 0 Å². The molecule has 0 radical (unpaired) electrons. The zero-order chi connectivity index (χ0) is 14.1. The fourth-order valence-electron chi connectivity index (χ4n) is 2.60. The maximum atomic E-state index is 12.5. The molecule has 0 aromatic heterocycles. The Morgan fingerprint density at radius 1 is 1.32 bits per heavy atom. The molecule has 106 valence electrons. The topological polar surface area (TPSA) is 72.2 Å².